The lowest BCUT2D eigenvalue weighted by atomic mass is 9.79. The standard InChI is InChI=1S/C20H25N7O3/c1-12(11-29-4)27-14(8-21)7-13-9-22-19(24-17(13)27)23-15-10-26(3)25-18(15)30-16-5-6-20(16,2)28/h7,9-10,12,16,28H,5-6,11H2,1-4H3,(H,22,23,24)/t12-,16?,20?/m0/s1. The number of rotatable bonds is 7. The molecule has 158 valence electrons. The number of aryl methyl sites for hydroxylation is 1. The first kappa shape index (κ1) is 20.1. The van der Waals surface area contributed by atoms with Crippen molar-refractivity contribution < 1.29 is 14.6 Å². The summed E-state index contributed by atoms with van der Waals surface area (Å²) in [5, 5.41) is 28.0. The Labute approximate surface area is 174 Å². The number of anilines is 2. The average Bonchev–Trinajstić information content (AvgIpc) is 3.24. The second kappa shape index (κ2) is 7.59. The fourth-order valence-corrected chi connectivity index (χ4v) is 3.68. The van der Waals surface area contributed by atoms with E-state index >= 15 is 0 Å². The molecule has 10 nitrogen and oxygen atoms in total. The largest absolute Gasteiger partial charge is 0.469 e. The van der Waals surface area contributed by atoms with Crippen LogP contribution in [0.25, 0.3) is 11.0 Å². The van der Waals surface area contributed by atoms with Gasteiger partial charge in [0.25, 0.3) is 5.88 Å². The van der Waals surface area contributed by atoms with Gasteiger partial charge in [-0.1, -0.05) is 0 Å². The third kappa shape index (κ3) is 3.58. The molecule has 2 N–H and O–H groups in total. The van der Waals surface area contributed by atoms with Gasteiger partial charge in [-0.05, 0) is 32.8 Å². The zero-order valence-electron chi connectivity index (χ0n) is 17.5. The first-order valence-corrected chi connectivity index (χ1v) is 9.79. The molecule has 0 aliphatic heterocycles. The van der Waals surface area contributed by atoms with Crippen molar-refractivity contribution in [3.63, 3.8) is 0 Å². The van der Waals surface area contributed by atoms with E-state index in [9.17, 15) is 10.4 Å². The van der Waals surface area contributed by atoms with Crippen molar-refractivity contribution in [2.75, 3.05) is 19.0 Å². The lowest BCUT2D eigenvalue weighted by molar-refractivity contribution is -0.119. The van der Waals surface area contributed by atoms with Crippen molar-refractivity contribution in [1.29, 1.82) is 5.26 Å². The van der Waals surface area contributed by atoms with Gasteiger partial charge in [0.1, 0.15) is 29.2 Å². The minimum absolute atomic E-state index is 0.0666. The molecular formula is C20H25N7O3. The highest BCUT2D eigenvalue weighted by Crippen LogP contribution is 2.37. The first-order chi connectivity index (χ1) is 14.3. The molecule has 0 radical (unpaired) electrons. The van der Waals surface area contributed by atoms with Gasteiger partial charge in [-0.25, -0.2) is 4.98 Å². The summed E-state index contributed by atoms with van der Waals surface area (Å²) in [5.74, 6) is 0.737. The molecule has 3 aromatic heterocycles. The molecule has 1 aliphatic rings. The van der Waals surface area contributed by atoms with Gasteiger partial charge < -0.3 is 24.5 Å². The Morgan fingerprint density at radius 1 is 1.50 bits per heavy atom. The topological polar surface area (TPSA) is 123 Å². The van der Waals surface area contributed by atoms with Crippen molar-refractivity contribution >= 4 is 22.7 Å². The maximum absolute atomic E-state index is 10.2. The number of nitrogens with one attached hydrogen (secondary N) is 1. The molecule has 4 rings (SSSR count). The third-order valence-electron chi connectivity index (χ3n) is 5.44. The van der Waals surface area contributed by atoms with E-state index in [1.165, 1.54) is 0 Å². The number of methoxy groups -OCH3 is 1. The molecule has 3 atom stereocenters. The summed E-state index contributed by atoms with van der Waals surface area (Å²) in [5.41, 5.74) is 0.888. The fraction of sp³-hybridized carbons (Fsp3) is 0.500. The third-order valence-corrected chi connectivity index (χ3v) is 5.44. The number of fused-ring (bicyclic) bond motifs is 1. The summed E-state index contributed by atoms with van der Waals surface area (Å²) in [6.45, 7) is 4.18. The van der Waals surface area contributed by atoms with Gasteiger partial charge in [0.2, 0.25) is 5.95 Å². The van der Waals surface area contributed by atoms with Gasteiger partial charge in [0, 0.05) is 25.7 Å². The Morgan fingerprint density at radius 3 is 2.93 bits per heavy atom. The molecule has 1 aliphatic carbocycles. The van der Waals surface area contributed by atoms with Crippen molar-refractivity contribution in [2.24, 2.45) is 7.05 Å². The van der Waals surface area contributed by atoms with Crippen LogP contribution in [0.3, 0.4) is 0 Å². The second-order valence-electron chi connectivity index (χ2n) is 7.94. The number of nitrogens with zero attached hydrogens (tertiary/aromatic N) is 6. The minimum Gasteiger partial charge on any atom is -0.469 e. The predicted octanol–water partition coefficient (Wildman–Crippen LogP) is 2.28. The Bertz CT molecular complexity index is 1110. The highest BCUT2D eigenvalue weighted by atomic mass is 16.5. The van der Waals surface area contributed by atoms with Gasteiger partial charge in [-0.3, -0.25) is 4.68 Å². The van der Waals surface area contributed by atoms with Crippen LogP contribution in [0.4, 0.5) is 11.6 Å². The van der Waals surface area contributed by atoms with E-state index in [2.05, 4.69) is 26.5 Å². The summed E-state index contributed by atoms with van der Waals surface area (Å²) in [6.07, 6.45) is 4.61. The van der Waals surface area contributed by atoms with Crippen molar-refractivity contribution in [3.8, 4) is 11.9 Å². The molecule has 3 heterocycles. The second-order valence-corrected chi connectivity index (χ2v) is 7.94. The van der Waals surface area contributed by atoms with Crippen LogP contribution in [0.2, 0.25) is 0 Å². The summed E-state index contributed by atoms with van der Waals surface area (Å²) in [6, 6.07) is 3.91. The molecule has 1 fully saturated rings. The van der Waals surface area contributed by atoms with Crippen LogP contribution in [0.5, 0.6) is 5.88 Å². The number of ether oxygens (including phenoxy) is 2. The zero-order valence-corrected chi connectivity index (χ0v) is 17.5. The van der Waals surface area contributed by atoms with Gasteiger partial charge in [0.15, 0.2) is 0 Å². The van der Waals surface area contributed by atoms with E-state index in [4.69, 9.17) is 9.47 Å². The maximum Gasteiger partial charge on any atom is 0.257 e. The Kier molecular flexibility index (Phi) is 5.09. The van der Waals surface area contributed by atoms with Gasteiger partial charge in [0.05, 0.1) is 24.4 Å². The normalized spacial score (nSPS) is 21.8. The molecule has 1 saturated carbocycles. The Balaban J connectivity index is 1.65. The van der Waals surface area contributed by atoms with Crippen molar-refractivity contribution in [3.05, 3.63) is 24.2 Å². The number of nitriles is 1. The molecule has 0 spiro atoms. The van der Waals surface area contributed by atoms with Crippen LogP contribution in [0.1, 0.15) is 38.4 Å². The fourth-order valence-electron chi connectivity index (χ4n) is 3.68. The summed E-state index contributed by atoms with van der Waals surface area (Å²) in [4.78, 5) is 9.00. The number of aromatic nitrogens is 5. The lowest BCUT2D eigenvalue weighted by Crippen LogP contribution is -2.52. The molecule has 0 aromatic carbocycles. The Hall–Kier alpha value is -3.16. The van der Waals surface area contributed by atoms with Crippen LogP contribution < -0.4 is 10.1 Å². The Morgan fingerprint density at radius 2 is 2.30 bits per heavy atom. The molecule has 0 bridgehead atoms. The molecular weight excluding hydrogens is 386 g/mol. The highest BCUT2D eigenvalue weighted by molar-refractivity contribution is 5.79. The predicted molar refractivity (Wildman–Crippen MR) is 110 cm³/mol. The van der Waals surface area contributed by atoms with Crippen LogP contribution in [-0.2, 0) is 11.8 Å². The first-order valence-electron chi connectivity index (χ1n) is 9.79. The van der Waals surface area contributed by atoms with E-state index in [1.54, 1.807) is 44.2 Å². The van der Waals surface area contributed by atoms with Gasteiger partial charge >= 0.3 is 0 Å². The quantitative estimate of drug-likeness (QED) is 0.607. The molecule has 0 amide bonds. The monoisotopic (exact) mass is 411 g/mol. The van der Waals surface area contributed by atoms with Gasteiger partial charge in [-0.15, -0.1) is 5.10 Å². The van der Waals surface area contributed by atoms with E-state index in [-0.39, 0.29) is 12.1 Å². The SMILES string of the molecule is COC[C@H](C)n1c(C#N)cc2cnc(Nc3cn(C)nc3OC3CCC3(C)O)nc21. The van der Waals surface area contributed by atoms with E-state index in [1.807, 2.05) is 11.5 Å². The van der Waals surface area contributed by atoms with Gasteiger partial charge in [-0.2, -0.15) is 10.2 Å². The van der Waals surface area contributed by atoms with E-state index < -0.39 is 5.60 Å². The minimum atomic E-state index is -0.851. The molecule has 2 unspecified atom stereocenters. The molecule has 3 aromatic rings. The summed E-state index contributed by atoms with van der Waals surface area (Å²) >= 11 is 0. The van der Waals surface area contributed by atoms with Crippen molar-refractivity contribution in [2.45, 2.75) is 44.4 Å². The van der Waals surface area contributed by atoms with E-state index in [0.29, 0.717) is 41.9 Å². The average molecular weight is 411 g/mol. The molecule has 10 heteroatoms. The van der Waals surface area contributed by atoms with Crippen LogP contribution in [0.15, 0.2) is 18.5 Å². The van der Waals surface area contributed by atoms with E-state index in [0.717, 1.165) is 11.8 Å². The number of aliphatic hydroxyl groups is 1. The van der Waals surface area contributed by atoms with Crippen LogP contribution in [-0.4, -0.2) is 54.8 Å². The number of hydrogen-bond acceptors (Lipinski definition) is 8. The maximum atomic E-state index is 10.2. The van der Waals surface area contributed by atoms with Crippen LogP contribution in [0, 0.1) is 11.3 Å². The van der Waals surface area contributed by atoms with Crippen LogP contribution >= 0.6 is 0 Å². The summed E-state index contributed by atoms with van der Waals surface area (Å²) in [7, 11) is 3.41. The zero-order chi connectivity index (χ0) is 21.5. The molecule has 0 saturated heterocycles. The smallest absolute Gasteiger partial charge is 0.257 e. The lowest BCUT2D eigenvalue weighted by Gasteiger charge is -2.41. The highest BCUT2D eigenvalue weighted by Gasteiger charge is 2.43. The number of hydrogen-bond donors (Lipinski definition) is 2. The molecule has 30 heavy (non-hydrogen) atoms. The summed E-state index contributed by atoms with van der Waals surface area (Å²) < 4.78 is 14.7. The van der Waals surface area contributed by atoms with Crippen molar-refractivity contribution in [1.82, 2.24) is 24.3 Å².